The van der Waals surface area contributed by atoms with Gasteiger partial charge in [0, 0.05) is 25.0 Å². The molecule has 1 unspecified atom stereocenters. The van der Waals surface area contributed by atoms with Crippen LogP contribution < -0.4 is 10.6 Å². The number of benzene rings is 2. The molecule has 2 aromatic carbocycles. The molecule has 3 rings (SSSR count). The van der Waals surface area contributed by atoms with Crippen LogP contribution in [0.15, 0.2) is 73.1 Å². The molecule has 0 aliphatic rings. The highest BCUT2D eigenvalue weighted by Gasteiger charge is 2.26. The maximum atomic E-state index is 12.6. The highest BCUT2D eigenvalue weighted by Crippen LogP contribution is 2.20. The van der Waals surface area contributed by atoms with Gasteiger partial charge in [0.1, 0.15) is 0 Å². The van der Waals surface area contributed by atoms with Gasteiger partial charge in [-0.15, -0.1) is 0 Å². The van der Waals surface area contributed by atoms with Gasteiger partial charge >= 0.3 is 12.0 Å². The average Bonchev–Trinajstić information content (AvgIpc) is 3.27. The summed E-state index contributed by atoms with van der Waals surface area (Å²) in [6, 6.07) is 16.2. The number of amides is 3. The van der Waals surface area contributed by atoms with E-state index in [4.69, 9.17) is 4.74 Å². The lowest BCUT2D eigenvalue weighted by atomic mass is 10.1. The van der Waals surface area contributed by atoms with Gasteiger partial charge in [0.25, 0.3) is 5.91 Å². The molecule has 8 nitrogen and oxygen atoms in total. The Balaban J connectivity index is 1.79. The predicted octanol–water partition coefficient (Wildman–Crippen LogP) is 2.23. The second kappa shape index (κ2) is 8.63. The Morgan fingerprint density at radius 2 is 1.71 bits per heavy atom. The summed E-state index contributed by atoms with van der Waals surface area (Å²) in [6.07, 6.45) is 2.16. The number of aromatic nitrogens is 2. The summed E-state index contributed by atoms with van der Waals surface area (Å²) in [5.74, 6) is -1.43. The Morgan fingerprint density at radius 3 is 2.32 bits per heavy atom. The Labute approximate surface area is 161 Å². The second-order valence-corrected chi connectivity index (χ2v) is 5.76. The number of esters is 1. The third kappa shape index (κ3) is 4.42. The van der Waals surface area contributed by atoms with Gasteiger partial charge in [-0.1, -0.05) is 30.3 Å². The van der Waals surface area contributed by atoms with E-state index < -0.39 is 24.0 Å². The quantitative estimate of drug-likeness (QED) is 0.663. The molecule has 3 amide bonds. The fraction of sp³-hybridized carbons (Fsp3) is 0.100. The molecular formula is C20H18N4O4. The minimum atomic E-state index is -1.27. The minimum absolute atomic E-state index is 0.268. The van der Waals surface area contributed by atoms with E-state index in [2.05, 4.69) is 15.7 Å². The maximum Gasteiger partial charge on any atom is 0.339 e. The van der Waals surface area contributed by atoms with Crippen LogP contribution >= 0.6 is 0 Å². The van der Waals surface area contributed by atoms with Crippen molar-refractivity contribution in [1.82, 2.24) is 20.4 Å². The van der Waals surface area contributed by atoms with Crippen molar-refractivity contribution in [2.45, 2.75) is 6.10 Å². The van der Waals surface area contributed by atoms with Crippen LogP contribution in [-0.2, 0) is 9.53 Å². The zero-order chi connectivity index (χ0) is 19.9. The smallest absolute Gasteiger partial charge is 0.339 e. The van der Waals surface area contributed by atoms with Crippen LogP contribution in [0.25, 0.3) is 5.69 Å². The van der Waals surface area contributed by atoms with Crippen molar-refractivity contribution < 1.29 is 19.1 Å². The zero-order valence-electron chi connectivity index (χ0n) is 15.0. The fourth-order valence-corrected chi connectivity index (χ4v) is 2.49. The summed E-state index contributed by atoms with van der Waals surface area (Å²) in [4.78, 5) is 36.5. The van der Waals surface area contributed by atoms with Crippen LogP contribution in [0.2, 0.25) is 0 Å². The van der Waals surface area contributed by atoms with Gasteiger partial charge in [-0.3, -0.25) is 10.1 Å². The first-order valence-electron chi connectivity index (χ1n) is 8.47. The molecule has 0 saturated heterocycles. The van der Waals surface area contributed by atoms with E-state index in [1.807, 2.05) is 0 Å². The van der Waals surface area contributed by atoms with Gasteiger partial charge in [-0.05, 0) is 30.3 Å². The summed E-state index contributed by atoms with van der Waals surface area (Å²) in [6.45, 7) is 0. The molecule has 2 N–H and O–H groups in total. The number of nitrogens with zero attached hydrogens (tertiary/aromatic N) is 2. The standard InChI is InChI=1S/C20H18N4O4/c1-21-20(27)23-18(25)17(14-6-3-2-4-7-14)28-19(26)15-8-10-16(11-9-15)24-13-5-12-22-24/h2-13,17H,1H3,(H2,21,23,25,27). The van der Waals surface area contributed by atoms with E-state index in [9.17, 15) is 14.4 Å². The van der Waals surface area contributed by atoms with Crippen LogP contribution in [0, 0.1) is 0 Å². The molecule has 1 aromatic heterocycles. The highest BCUT2D eigenvalue weighted by atomic mass is 16.5. The number of hydrogen-bond donors (Lipinski definition) is 2. The molecule has 28 heavy (non-hydrogen) atoms. The van der Waals surface area contributed by atoms with E-state index in [0.717, 1.165) is 5.69 Å². The van der Waals surface area contributed by atoms with Crippen LogP contribution in [0.4, 0.5) is 4.79 Å². The van der Waals surface area contributed by atoms with Crippen LogP contribution in [0.5, 0.6) is 0 Å². The minimum Gasteiger partial charge on any atom is -0.444 e. The number of carbonyl (C=O) groups excluding carboxylic acids is 3. The lowest BCUT2D eigenvalue weighted by Crippen LogP contribution is -2.41. The summed E-state index contributed by atoms with van der Waals surface area (Å²) < 4.78 is 7.06. The number of rotatable bonds is 5. The molecule has 0 aliphatic heterocycles. The lowest BCUT2D eigenvalue weighted by molar-refractivity contribution is -0.129. The van der Waals surface area contributed by atoms with Gasteiger partial charge < -0.3 is 10.1 Å². The zero-order valence-corrected chi connectivity index (χ0v) is 15.0. The summed E-state index contributed by atoms with van der Waals surface area (Å²) >= 11 is 0. The van der Waals surface area contributed by atoms with Crippen molar-refractivity contribution in [3.63, 3.8) is 0 Å². The third-order valence-corrected chi connectivity index (χ3v) is 3.90. The van der Waals surface area contributed by atoms with Crippen molar-refractivity contribution in [1.29, 1.82) is 0 Å². The molecule has 1 atom stereocenters. The molecule has 1 heterocycles. The Morgan fingerprint density at radius 1 is 1.00 bits per heavy atom. The Hall–Kier alpha value is -3.94. The maximum absolute atomic E-state index is 12.6. The van der Waals surface area contributed by atoms with Gasteiger partial charge in [-0.2, -0.15) is 5.10 Å². The number of nitrogens with one attached hydrogen (secondary N) is 2. The monoisotopic (exact) mass is 378 g/mol. The molecule has 0 radical (unpaired) electrons. The lowest BCUT2D eigenvalue weighted by Gasteiger charge is -2.17. The molecule has 0 spiro atoms. The molecule has 0 saturated carbocycles. The van der Waals surface area contributed by atoms with Crippen molar-refractivity contribution >= 4 is 17.9 Å². The van der Waals surface area contributed by atoms with Crippen LogP contribution in [0.1, 0.15) is 22.0 Å². The SMILES string of the molecule is CNC(=O)NC(=O)C(OC(=O)c1ccc(-n2cccn2)cc1)c1ccccc1. The number of urea groups is 1. The first-order chi connectivity index (χ1) is 13.6. The van der Waals surface area contributed by atoms with Gasteiger partial charge in [0.05, 0.1) is 11.3 Å². The molecule has 0 bridgehead atoms. The van der Waals surface area contributed by atoms with Crippen LogP contribution in [0.3, 0.4) is 0 Å². The van der Waals surface area contributed by atoms with Crippen molar-refractivity contribution in [2.24, 2.45) is 0 Å². The second-order valence-electron chi connectivity index (χ2n) is 5.76. The van der Waals surface area contributed by atoms with E-state index in [1.165, 1.54) is 7.05 Å². The first-order valence-corrected chi connectivity index (χ1v) is 8.47. The topological polar surface area (TPSA) is 102 Å². The fourth-order valence-electron chi connectivity index (χ4n) is 2.49. The van der Waals surface area contributed by atoms with E-state index in [0.29, 0.717) is 5.56 Å². The largest absolute Gasteiger partial charge is 0.444 e. The third-order valence-electron chi connectivity index (χ3n) is 3.90. The Kier molecular flexibility index (Phi) is 5.81. The van der Waals surface area contributed by atoms with Crippen LogP contribution in [-0.4, -0.2) is 34.7 Å². The van der Waals surface area contributed by atoms with E-state index in [1.54, 1.807) is 77.7 Å². The van der Waals surface area contributed by atoms with Gasteiger partial charge in [0.15, 0.2) is 0 Å². The highest BCUT2D eigenvalue weighted by molar-refractivity contribution is 5.99. The Bertz CT molecular complexity index is 954. The molecular weight excluding hydrogens is 360 g/mol. The average molecular weight is 378 g/mol. The van der Waals surface area contributed by atoms with E-state index >= 15 is 0 Å². The molecule has 3 aromatic rings. The van der Waals surface area contributed by atoms with E-state index in [-0.39, 0.29) is 5.56 Å². The molecule has 0 aliphatic carbocycles. The van der Waals surface area contributed by atoms with Gasteiger partial charge in [-0.25, -0.2) is 14.3 Å². The number of carbonyl (C=O) groups is 3. The number of ether oxygens (including phenoxy) is 1. The number of imide groups is 1. The number of hydrogen-bond acceptors (Lipinski definition) is 5. The summed E-state index contributed by atoms with van der Waals surface area (Å²) in [5.41, 5.74) is 1.49. The van der Waals surface area contributed by atoms with Crippen molar-refractivity contribution in [3.05, 3.63) is 84.2 Å². The molecule has 8 heteroatoms. The van der Waals surface area contributed by atoms with Crippen molar-refractivity contribution in [3.8, 4) is 5.69 Å². The molecule has 142 valence electrons. The first kappa shape index (κ1) is 18.8. The normalized spacial score (nSPS) is 11.3. The summed E-state index contributed by atoms with van der Waals surface area (Å²) in [5, 5.41) is 8.54. The summed E-state index contributed by atoms with van der Waals surface area (Å²) in [7, 11) is 1.38. The van der Waals surface area contributed by atoms with Crippen molar-refractivity contribution in [2.75, 3.05) is 7.05 Å². The molecule has 0 fully saturated rings. The predicted molar refractivity (Wildman–Crippen MR) is 101 cm³/mol. The van der Waals surface area contributed by atoms with Gasteiger partial charge in [0.2, 0.25) is 6.10 Å².